The van der Waals surface area contributed by atoms with Crippen LogP contribution >= 0.6 is 34.4 Å². The average Bonchev–Trinajstić information content (AvgIpc) is 3.48. The van der Waals surface area contributed by atoms with Crippen LogP contribution in [-0.2, 0) is 41.7 Å². The maximum absolute atomic E-state index is 12.4. The van der Waals surface area contributed by atoms with Crippen molar-refractivity contribution in [1.29, 1.82) is 0 Å². The summed E-state index contributed by atoms with van der Waals surface area (Å²) in [5.41, 5.74) is 4.32. The number of thioether (sulfide) groups is 1. The molecule has 0 aliphatic rings. The van der Waals surface area contributed by atoms with E-state index < -0.39 is 0 Å². The minimum absolute atomic E-state index is 0.0871. The van der Waals surface area contributed by atoms with Gasteiger partial charge in [0.1, 0.15) is 20.8 Å². The van der Waals surface area contributed by atoms with Crippen LogP contribution in [0.3, 0.4) is 0 Å². The molecule has 0 spiro atoms. The number of nitrogens with one attached hydrogen (secondary N) is 1. The number of amides is 1. The predicted molar refractivity (Wildman–Crippen MR) is 152 cm³/mol. The van der Waals surface area contributed by atoms with Crippen LogP contribution in [-0.4, -0.2) is 43.6 Å². The minimum atomic E-state index is -0.0871. The summed E-state index contributed by atoms with van der Waals surface area (Å²) < 4.78 is 0. The van der Waals surface area contributed by atoms with Gasteiger partial charge in [0.15, 0.2) is 0 Å². The standard InChI is InChI=1S/C27H29N5O2S3/c1-18-5-3-7-20(13-18)15-22(33)17-26-31-29-24(36-26)9-11-35-12-10-25-30-32-27(37-25)28-23(34)16-21-8-4-6-19(2)14-21/h3-8,13-14H,9-12,15-17H2,1-2H3,(H,28,32,34). The Balaban J connectivity index is 1.12. The van der Waals surface area contributed by atoms with Gasteiger partial charge < -0.3 is 5.32 Å². The lowest BCUT2D eigenvalue weighted by atomic mass is 10.1. The van der Waals surface area contributed by atoms with E-state index in [0.29, 0.717) is 24.4 Å². The van der Waals surface area contributed by atoms with E-state index in [2.05, 4.69) is 25.7 Å². The number of nitrogens with zero attached hydrogens (tertiary/aromatic N) is 4. The third-order valence-electron chi connectivity index (χ3n) is 5.42. The topological polar surface area (TPSA) is 97.7 Å². The molecule has 0 radical (unpaired) electrons. The number of hydrogen-bond acceptors (Lipinski definition) is 9. The quantitative estimate of drug-likeness (QED) is 0.232. The van der Waals surface area contributed by atoms with Crippen molar-refractivity contribution < 1.29 is 9.59 Å². The lowest BCUT2D eigenvalue weighted by Gasteiger charge is -2.02. The number of aryl methyl sites for hydroxylation is 4. The van der Waals surface area contributed by atoms with Crippen LogP contribution in [0, 0.1) is 13.8 Å². The summed E-state index contributed by atoms with van der Waals surface area (Å²) in [7, 11) is 0. The van der Waals surface area contributed by atoms with E-state index in [1.54, 1.807) is 0 Å². The van der Waals surface area contributed by atoms with Crippen molar-refractivity contribution in [3.8, 4) is 0 Å². The first kappa shape index (κ1) is 27.1. The minimum Gasteiger partial charge on any atom is -0.300 e. The van der Waals surface area contributed by atoms with Crippen LogP contribution in [0.1, 0.15) is 37.3 Å². The molecule has 0 unspecified atom stereocenters. The van der Waals surface area contributed by atoms with Crippen molar-refractivity contribution in [3.63, 3.8) is 0 Å². The molecule has 1 amide bonds. The number of aromatic nitrogens is 4. The Morgan fingerprint density at radius 2 is 1.35 bits per heavy atom. The first-order chi connectivity index (χ1) is 17.9. The van der Waals surface area contributed by atoms with Crippen molar-refractivity contribution in [2.75, 3.05) is 16.8 Å². The number of rotatable bonds is 13. The maximum atomic E-state index is 12.4. The van der Waals surface area contributed by atoms with Crippen molar-refractivity contribution in [2.45, 2.75) is 46.0 Å². The Hall–Kier alpha value is -2.95. The van der Waals surface area contributed by atoms with Crippen LogP contribution < -0.4 is 5.32 Å². The zero-order chi connectivity index (χ0) is 26.0. The largest absolute Gasteiger partial charge is 0.300 e. The first-order valence-electron chi connectivity index (χ1n) is 12.1. The maximum Gasteiger partial charge on any atom is 0.230 e. The predicted octanol–water partition coefficient (Wildman–Crippen LogP) is 5.06. The van der Waals surface area contributed by atoms with E-state index in [-0.39, 0.29) is 11.7 Å². The van der Waals surface area contributed by atoms with Crippen molar-refractivity contribution >= 4 is 51.3 Å². The van der Waals surface area contributed by atoms with Gasteiger partial charge in [0.25, 0.3) is 0 Å². The van der Waals surface area contributed by atoms with E-state index in [1.165, 1.54) is 22.7 Å². The molecule has 37 heavy (non-hydrogen) atoms. The molecule has 4 aromatic rings. The number of ketones is 1. The fraction of sp³-hybridized carbons (Fsp3) is 0.333. The Morgan fingerprint density at radius 3 is 2.03 bits per heavy atom. The van der Waals surface area contributed by atoms with Gasteiger partial charge in [-0.2, -0.15) is 11.8 Å². The highest BCUT2D eigenvalue weighted by atomic mass is 32.2. The summed E-state index contributed by atoms with van der Waals surface area (Å²) in [4.78, 5) is 24.7. The highest BCUT2D eigenvalue weighted by Crippen LogP contribution is 2.19. The van der Waals surface area contributed by atoms with Gasteiger partial charge in [-0.05, 0) is 36.5 Å². The number of Topliss-reactive ketones (excluding diaryl/α,β-unsaturated/α-hetero) is 1. The highest BCUT2D eigenvalue weighted by Gasteiger charge is 2.12. The SMILES string of the molecule is Cc1cccc(CC(=O)Cc2nnc(CCSCCc3nnc(NC(=O)Cc4cccc(C)c4)s3)s2)c1. The van der Waals surface area contributed by atoms with Gasteiger partial charge in [0.2, 0.25) is 11.0 Å². The number of carbonyl (C=O) groups excluding carboxylic acids is 2. The Kier molecular flexibility index (Phi) is 9.92. The molecule has 1 N–H and O–H groups in total. The van der Waals surface area contributed by atoms with Gasteiger partial charge in [-0.1, -0.05) is 71.0 Å². The molecule has 2 heterocycles. The van der Waals surface area contributed by atoms with Gasteiger partial charge in [-0.3, -0.25) is 9.59 Å². The highest BCUT2D eigenvalue weighted by molar-refractivity contribution is 7.99. The zero-order valence-corrected chi connectivity index (χ0v) is 23.3. The number of anilines is 1. The summed E-state index contributed by atoms with van der Waals surface area (Å²) >= 11 is 4.76. The van der Waals surface area contributed by atoms with E-state index in [0.717, 1.165) is 61.6 Å². The molecule has 0 saturated carbocycles. The Morgan fingerprint density at radius 1 is 0.757 bits per heavy atom. The first-order valence-corrected chi connectivity index (χ1v) is 14.9. The molecule has 0 atom stereocenters. The fourth-order valence-corrected chi connectivity index (χ4v) is 6.50. The summed E-state index contributed by atoms with van der Waals surface area (Å²) in [6.07, 6.45) is 2.70. The molecule has 0 saturated heterocycles. The molecule has 10 heteroatoms. The number of benzene rings is 2. The second kappa shape index (κ2) is 13.6. The molecule has 0 bridgehead atoms. The van der Waals surface area contributed by atoms with Gasteiger partial charge in [-0.15, -0.1) is 31.7 Å². The van der Waals surface area contributed by atoms with Crippen LogP contribution in [0.2, 0.25) is 0 Å². The summed E-state index contributed by atoms with van der Waals surface area (Å²) in [6, 6.07) is 16.0. The van der Waals surface area contributed by atoms with Crippen LogP contribution in [0.4, 0.5) is 5.13 Å². The van der Waals surface area contributed by atoms with Gasteiger partial charge in [-0.25, -0.2) is 0 Å². The summed E-state index contributed by atoms with van der Waals surface area (Å²) in [5.74, 6) is 1.90. The van der Waals surface area contributed by atoms with Crippen molar-refractivity contribution in [2.24, 2.45) is 0 Å². The van der Waals surface area contributed by atoms with Crippen molar-refractivity contribution in [3.05, 3.63) is 85.8 Å². The van der Waals surface area contributed by atoms with Gasteiger partial charge >= 0.3 is 0 Å². The van der Waals surface area contributed by atoms with Crippen LogP contribution in [0.5, 0.6) is 0 Å². The Labute approximate surface area is 229 Å². The molecular formula is C27H29N5O2S3. The summed E-state index contributed by atoms with van der Waals surface area (Å²) in [5, 5.41) is 22.8. The van der Waals surface area contributed by atoms with E-state index in [9.17, 15) is 9.59 Å². The Bertz CT molecular complexity index is 1250. The average molecular weight is 552 g/mol. The molecule has 0 aliphatic carbocycles. The fourth-order valence-electron chi connectivity index (χ4n) is 3.74. The van der Waals surface area contributed by atoms with Gasteiger partial charge in [0.05, 0.1) is 12.8 Å². The second-order valence-corrected chi connectivity index (χ2v) is 12.2. The molecule has 0 aliphatic heterocycles. The van der Waals surface area contributed by atoms with E-state index in [4.69, 9.17) is 0 Å². The van der Waals surface area contributed by atoms with Crippen molar-refractivity contribution in [1.82, 2.24) is 20.4 Å². The monoisotopic (exact) mass is 551 g/mol. The molecule has 0 fully saturated rings. The van der Waals surface area contributed by atoms with E-state index in [1.807, 2.05) is 74.1 Å². The molecule has 2 aromatic carbocycles. The van der Waals surface area contributed by atoms with E-state index >= 15 is 0 Å². The lowest BCUT2D eigenvalue weighted by Crippen LogP contribution is -2.14. The molecule has 4 rings (SSSR count). The number of hydrogen-bond donors (Lipinski definition) is 1. The normalized spacial score (nSPS) is 11.0. The molecule has 7 nitrogen and oxygen atoms in total. The third-order valence-corrected chi connectivity index (χ3v) is 8.29. The third kappa shape index (κ3) is 9.14. The second-order valence-electron chi connectivity index (χ2n) is 8.80. The van der Waals surface area contributed by atoms with Gasteiger partial charge in [0, 0.05) is 19.3 Å². The molecule has 2 aromatic heterocycles. The lowest BCUT2D eigenvalue weighted by molar-refractivity contribution is -0.118. The van der Waals surface area contributed by atoms with Crippen LogP contribution in [0.25, 0.3) is 0 Å². The smallest absolute Gasteiger partial charge is 0.230 e. The zero-order valence-electron chi connectivity index (χ0n) is 20.9. The number of carbonyl (C=O) groups is 2. The van der Waals surface area contributed by atoms with Crippen LogP contribution in [0.15, 0.2) is 48.5 Å². The molecule has 192 valence electrons. The molecular weight excluding hydrogens is 523 g/mol. The summed E-state index contributed by atoms with van der Waals surface area (Å²) in [6.45, 7) is 4.04.